The molecular weight excluding hydrogens is 262 g/mol. The molecule has 0 spiro atoms. The normalized spacial score (nSPS) is 12.0. The van der Waals surface area contributed by atoms with Crippen LogP contribution in [-0.4, -0.2) is 36.6 Å². The molecule has 0 saturated carbocycles. The average Bonchev–Trinajstić information content (AvgIpc) is 2.34. The number of esters is 1. The van der Waals surface area contributed by atoms with Crippen LogP contribution in [-0.2, 0) is 19.1 Å². The topological polar surface area (TPSA) is 92.7 Å². The highest BCUT2D eigenvalue weighted by Crippen LogP contribution is 2.14. The van der Waals surface area contributed by atoms with Crippen molar-refractivity contribution in [2.45, 2.75) is 46.0 Å². The van der Waals surface area contributed by atoms with Gasteiger partial charge in [-0.15, -0.1) is 0 Å². The van der Waals surface area contributed by atoms with Crippen molar-refractivity contribution < 1.29 is 24.2 Å². The molecule has 0 aliphatic rings. The molecule has 2 N–H and O–H groups in total. The van der Waals surface area contributed by atoms with Crippen molar-refractivity contribution in [3.63, 3.8) is 0 Å². The van der Waals surface area contributed by atoms with Crippen LogP contribution in [0.5, 0.6) is 0 Å². The second-order valence-corrected chi connectivity index (χ2v) is 5.33. The minimum absolute atomic E-state index is 0.0562. The number of aliphatic carboxylic acids is 1. The van der Waals surface area contributed by atoms with Crippen LogP contribution in [0.1, 0.15) is 46.0 Å². The van der Waals surface area contributed by atoms with Crippen molar-refractivity contribution in [1.82, 2.24) is 5.32 Å². The van der Waals surface area contributed by atoms with E-state index in [9.17, 15) is 14.4 Å². The molecule has 0 saturated heterocycles. The van der Waals surface area contributed by atoms with Gasteiger partial charge in [0.15, 0.2) is 0 Å². The molecule has 0 aromatic carbocycles. The Labute approximate surface area is 119 Å². The van der Waals surface area contributed by atoms with E-state index >= 15 is 0 Å². The fourth-order valence-corrected chi connectivity index (χ4v) is 1.99. The van der Waals surface area contributed by atoms with Crippen LogP contribution in [0.15, 0.2) is 0 Å². The van der Waals surface area contributed by atoms with Crippen molar-refractivity contribution in [3.05, 3.63) is 0 Å². The zero-order valence-corrected chi connectivity index (χ0v) is 12.5. The molecule has 6 heteroatoms. The quantitative estimate of drug-likeness (QED) is 0.595. The lowest BCUT2D eigenvalue weighted by Gasteiger charge is -2.17. The summed E-state index contributed by atoms with van der Waals surface area (Å²) < 4.78 is 4.48. The van der Waals surface area contributed by atoms with E-state index in [1.807, 2.05) is 13.8 Å². The largest absolute Gasteiger partial charge is 0.481 e. The van der Waals surface area contributed by atoms with Gasteiger partial charge in [0.05, 0.1) is 7.11 Å². The summed E-state index contributed by atoms with van der Waals surface area (Å²) in [6.07, 6.45) is 1.71. The summed E-state index contributed by atoms with van der Waals surface area (Å²) in [5, 5.41) is 11.6. The minimum atomic E-state index is -0.851. The zero-order chi connectivity index (χ0) is 15.5. The van der Waals surface area contributed by atoms with Crippen molar-refractivity contribution >= 4 is 17.8 Å². The van der Waals surface area contributed by atoms with Gasteiger partial charge in [0, 0.05) is 25.8 Å². The van der Waals surface area contributed by atoms with Crippen molar-refractivity contribution in [1.29, 1.82) is 0 Å². The Morgan fingerprint density at radius 1 is 1.20 bits per heavy atom. The van der Waals surface area contributed by atoms with Crippen molar-refractivity contribution in [3.8, 4) is 0 Å². The smallest absolute Gasteiger partial charge is 0.305 e. The summed E-state index contributed by atoms with van der Waals surface area (Å²) in [7, 11) is 1.31. The highest BCUT2D eigenvalue weighted by molar-refractivity contribution is 5.77. The van der Waals surface area contributed by atoms with Gasteiger partial charge in [-0.05, 0) is 24.7 Å². The number of carboxylic acids is 1. The first kappa shape index (κ1) is 18.4. The fourth-order valence-electron chi connectivity index (χ4n) is 1.99. The lowest BCUT2D eigenvalue weighted by Crippen LogP contribution is -2.31. The Bertz CT molecular complexity index is 328. The van der Waals surface area contributed by atoms with E-state index in [0.717, 1.165) is 6.42 Å². The summed E-state index contributed by atoms with van der Waals surface area (Å²) >= 11 is 0. The molecule has 0 rings (SSSR count). The molecule has 1 amide bonds. The number of hydrogen-bond donors (Lipinski definition) is 2. The van der Waals surface area contributed by atoms with E-state index in [1.165, 1.54) is 7.11 Å². The summed E-state index contributed by atoms with van der Waals surface area (Å²) in [4.78, 5) is 33.2. The van der Waals surface area contributed by atoms with Crippen LogP contribution in [0, 0.1) is 11.8 Å². The third kappa shape index (κ3) is 10.3. The molecule has 6 nitrogen and oxygen atoms in total. The number of amides is 1. The molecule has 0 aromatic heterocycles. The van der Waals surface area contributed by atoms with E-state index in [-0.39, 0.29) is 37.1 Å². The maximum atomic E-state index is 11.6. The van der Waals surface area contributed by atoms with Gasteiger partial charge in [-0.2, -0.15) is 0 Å². The second kappa shape index (κ2) is 10.2. The van der Waals surface area contributed by atoms with Crippen LogP contribution < -0.4 is 5.32 Å². The molecule has 0 radical (unpaired) electrons. The first-order valence-corrected chi connectivity index (χ1v) is 6.90. The summed E-state index contributed by atoms with van der Waals surface area (Å²) in [6, 6.07) is 0. The van der Waals surface area contributed by atoms with Crippen molar-refractivity contribution in [2.24, 2.45) is 11.8 Å². The third-order valence-electron chi connectivity index (χ3n) is 2.87. The number of rotatable bonds is 10. The van der Waals surface area contributed by atoms with E-state index in [1.54, 1.807) is 0 Å². The molecule has 116 valence electrons. The number of carbonyl (C=O) groups excluding carboxylic acids is 2. The third-order valence-corrected chi connectivity index (χ3v) is 2.87. The van der Waals surface area contributed by atoms with Gasteiger partial charge in [-0.1, -0.05) is 13.8 Å². The number of carboxylic acid groups (broad SMARTS) is 1. The van der Waals surface area contributed by atoms with E-state index in [4.69, 9.17) is 5.11 Å². The molecule has 0 bridgehead atoms. The highest BCUT2D eigenvalue weighted by atomic mass is 16.5. The average molecular weight is 287 g/mol. The fraction of sp³-hybridized carbons (Fsp3) is 0.786. The Morgan fingerprint density at radius 2 is 1.85 bits per heavy atom. The Hall–Kier alpha value is -1.59. The summed E-state index contributed by atoms with van der Waals surface area (Å²) in [6.45, 7) is 4.40. The molecule has 20 heavy (non-hydrogen) atoms. The lowest BCUT2D eigenvalue weighted by molar-refractivity contribution is -0.141. The van der Waals surface area contributed by atoms with E-state index < -0.39 is 5.97 Å². The maximum Gasteiger partial charge on any atom is 0.305 e. The van der Waals surface area contributed by atoms with E-state index in [0.29, 0.717) is 18.9 Å². The Balaban J connectivity index is 3.97. The molecule has 0 aliphatic heterocycles. The lowest BCUT2D eigenvalue weighted by atomic mass is 9.94. The Morgan fingerprint density at radius 3 is 2.35 bits per heavy atom. The predicted octanol–water partition coefficient (Wildman–Crippen LogP) is 1.58. The van der Waals surface area contributed by atoms with Crippen LogP contribution in [0.3, 0.4) is 0 Å². The van der Waals surface area contributed by atoms with Gasteiger partial charge in [0.1, 0.15) is 0 Å². The van der Waals surface area contributed by atoms with Gasteiger partial charge in [-0.25, -0.2) is 0 Å². The van der Waals surface area contributed by atoms with Gasteiger partial charge >= 0.3 is 11.9 Å². The van der Waals surface area contributed by atoms with Crippen molar-refractivity contribution in [2.75, 3.05) is 13.7 Å². The molecule has 0 fully saturated rings. The van der Waals surface area contributed by atoms with Gasteiger partial charge in [0.25, 0.3) is 0 Å². The number of methoxy groups -OCH3 is 1. The molecule has 0 unspecified atom stereocenters. The number of hydrogen-bond acceptors (Lipinski definition) is 4. The standard InChI is InChI=1S/C14H25NO5/c1-10(2)7-11(8-13(17)18)9-15-12(16)5-4-6-14(19)20-3/h10-11H,4-9H2,1-3H3,(H,15,16)(H,17,18)/t11-/m0/s1. The monoisotopic (exact) mass is 287 g/mol. The van der Waals surface area contributed by atoms with Crippen LogP contribution in [0.25, 0.3) is 0 Å². The molecule has 0 aliphatic carbocycles. The number of ether oxygens (including phenoxy) is 1. The number of carbonyl (C=O) groups is 3. The van der Waals surface area contributed by atoms with E-state index in [2.05, 4.69) is 10.1 Å². The molecular formula is C14H25NO5. The van der Waals surface area contributed by atoms with Crippen LogP contribution in [0.4, 0.5) is 0 Å². The second-order valence-electron chi connectivity index (χ2n) is 5.33. The maximum absolute atomic E-state index is 11.6. The first-order valence-electron chi connectivity index (χ1n) is 6.90. The number of nitrogens with one attached hydrogen (secondary N) is 1. The molecule has 0 aromatic rings. The minimum Gasteiger partial charge on any atom is -0.481 e. The van der Waals surface area contributed by atoms with Gasteiger partial charge in [0.2, 0.25) is 5.91 Å². The highest BCUT2D eigenvalue weighted by Gasteiger charge is 2.16. The SMILES string of the molecule is COC(=O)CCCC(=O)NC[C@H](CC(=O)O)CC(C)C. The predicted molar refractivity (Wildman–Crippen MR) is 74.1 cm³/mol. The summed E-state index contributed by atoms with van der Waals surface area (Å²) in [5.74, 6) is -1.02. The van der Waals surface area contributed by atoms with Gasteiger partial charge in [-0.3, -0.25) is 14.4 Å². The molecule has 1 atom stereocenters. The summed E-state index contributed by atoms with van der Waals surface area (Å²) in [5.41, 5.74) is 0. The first-order chi connectivity index (χ1) is 9.35. The zero-order valence-electron chi connectivity index (χ0n) is 12.5. The van der Waals surface area contributed by atoms with Crippen LogP contribution in [0.2, 0.25) is 0 Å². The molecule has 0 heterocycles. The Kier molecular flexibility index (Phi) is 9.41. The van der Waals surface area contributed by atoms with Crippen LogP contribution >= 0.6 is 0 Å². The van der Waals surface area contributed by atoms with Gasteiger partial charge < -0.3 is 15.2 Å².